The maximum Gasteiger partial charge on any atom is 0.153 e. The van der Waals surface area contributed by atoms with Gasteiger partial charge in [0.05, 0.1) is 5.56 Å². The summed E-state index contributed by atoms with van der Waals surface area (Å²) in [7, 11) is 0. The first-order valence-electron chi connectivity index (χ1n) is 4.67. The molecule has 0 unspecified atom stereocenters. The SMILES string of the molecule is Cc1ccc(OC(C)(C)C)c(C=O)c1. The van der Waals surface area contributed by atoms with Crippen molar-refractivity contribution in [1.29, 1.82) is 0 Å². The van der Waals surface area contributed by atoms with E-state index in [4.69, 9.17) is 4.74 Å². The standard InChI is InChI=1S/C12H16O2/c1-9-5-6-11(10(7-9)8-13)14-12(2,3)4/h5-8H,1-4H3. The Hall–Kier alpha value is -1.31. The Morgan fingerprint density at radius 2 is 1.93 bits per heavy atom. The van der Waals surface area contributed by atoms with E-state index >= 15 is 0 Å². The lowest BCUT2D eigenvalue weighted by Gasteiger charge is -2.22. The van der Waals surface area contributed by atoms with Crippen LogP contribution in [0.1, 0.15) is 36.7 Å². The Morgan fingerprint density at radius 3 is 2.43 bits per heavy atom. The third-order valence-corrected chi connectivity index (χ3v) is 1.71. The van der Waals surface area contributed by atoms with Crippen LogP contribution in [-0.4, -0.2) is 11.9 Å². The van der Waals surface area contributed by atoms with Gasteiger partial charge in [-0.15, -0.1) is 0 Å². The molecule has 0 saturated carbocycles. The monoisotopic (exact) mass is 192 g/mol. The molecule has 0 aliphatic carbocycles. The number of aryl methyl sites for hydroxylation is 1. The molecule has 0 atom stereocenters. The highest BCUT2D eigenvalue weighted by Gasteiger charge is 2.14. The first-order chi connectivity index (χ1) is 6.42. The van der Waals surface area contributed by atoms with Crippen molar-refractivity contribution < 1.29 is 9.53 Å². The molecule has 1 aromatic carbocycles. The second-order valence-corrected chi connectivity index (χ2v) is 4.37. The molecule has 0 aliphatic heterocycles. The van der Waals surface area contributed by atoms with Gasteiger partial charge in [0.1, 0.15) is 11.4 Å². The highest BCUT2D eigenvalue weighted by molar-refractivity contribution is 5.79. The molecule has 76 valence electrons. The molecule has 0 spiro atoms. The van der Waals surface area contributed by atoms with Crippen molar-refractivity contribution in [3.63, 3.8) is 0 Å². The highest BCUT2D eigenvalue weighted by Crippen LogP contribution is 2.22. The van der Waals surface area contributed by atoms with E-state index < -0.39 is 0 Å². The fraction of sp³-hybridized carbons (Fsp3) is 0.417. The lowest BCUT2D eigenvalue weighted by molar-refractivity contribution is 0.109. The molecule has 0 amide bonds. The summed E-state index contributed by atoms with van der Waals surface area (Å²) < 4.78 is 5.65. The minimum atomic E-state index is -0.271. The van der Waals surface area contributed by atoms with Crippen LogP contribution in [0, 0.1) is 6.92 Å². The summed E-state index contributed by atoms with van der Waals surface area (Å²) in [5, 5.41) is 0. The van der Waals surface area contributed by atoms with Crippen LogP contribution in [0.4, 0.5) is 0 Å². The zero-order valence-electron chi connectivity index (χ0n) is 9.13. The smallest absolute Gasteiger partial charge is 0.153 e. The summed E-state index contributed by atoms with van der Waals surface area (Å²) >= 11 is 0. The third-order valence-electron chi connectivity index (χ3n) is 1.71. The van der Waals surface area contributed by atoms with Gasteiger partial charge in [-0.2, -0.15) is 0 Å². The Morgan fingerprint density at radius 1 is 1.29 bits per heavy atom. The van der Waals surface area contributed by atoms with Gasteiger partial charge in [-0.25, -0.2) is 0 Å². The molecule has 2 heteroatoms. The van der Waals surface area contributed by atoms with E-state index in [1.807, 2.05) is 45.9 Å². The molecule has 0 N–H and O–H groups in total. The summed E-state index contributed by atoms with van der Waals surface area (Å²) in [4.78, 5) is 10.8. The summed E-state index contributed by atoms with van der Waals surface area (Å²) in [6.07, 6.45) is 0.827. The van der Waals surface area contributed by atoms with E-state index in [0.717, 1.165) is 11.8 Å². The van der Waals surface area contributed by atoms with Crippen LogP contribution in [0.3, 0.4) is 0 Å². The van der Waals surface area contributed by atoms with Gasteiger partial charge in [-0.3, -0.25) is 4.79 Å². The zero-order chi connectivity index (χ0) is 10.8. The van der Waals surface area contributed by atoms with Gasteiger partial charge in [-0.1, -0.05) is 11.6 Å². The van der Waals surface area contributed by atoms with Crippen molar-refractivity contribution in [2.24, 2.45) is 0 Å². The van der Waals surface area contributed by atoms with E-state index in [9.17, 15) is 4.79 Å². The van der Waals surface area contributed by atoms with E-state index in [1.54, 1.807) is 0 Å². The number of hydrogen-bond acceptors (Lipinski definition) is 2. The molecule has 14 heavy (non-hydrogen) atoms. The fourth-order valence-corrected chi connectivity index (χ4v) is 1.18. The van der Waals surface area contributed by atoms with Crippen LogP contribution in [0.5, 0.6) is 5.75 Å². The quantitative estimate of drug-likeness (QED) is 0.673. The van der Waals surface area contributed by atoms with Crippen molar-refractivity contribution in [3.05, 3.63) is 29.3 Å². The first kappa shape index (κ1) is 10.8. The van der Waals surface area contributed by atoms with Crippen LogP contribution in [-0.2, 0) is 0 Å². The minimum Gasteiger partial charge on any atom is -0.487 e. The molecular weight excluding hydrogens is 176 g/mol. The number of carbonyl (C=O) groups excluding carboxylic acids is 1. The average Bonchev–Trinajstić information content (AvgIpc) is 2.06. The lowest BCUT2D eigenvalue weighted by atomic mass is 10.1. The van der Waals surface area contributed by atoms with Crippen LogP contribution in [0.2, 0.25) is 0 Å². The van der Waals surface area contributed by atoms with E-state index in [0.29, 0.717) is 11.3 Å². The second-order valence-electron chi connectivity index (χ2n) is 4.37. The summed E-state index contributed by atoms with van der Waals surface area (Å²) in [5.41, 5.74) is 1.40. The lowest BCUT2D eigenvalue weighted by Crippen LogP contribution is -2.23. The summed E-state index contributed by atoms with van der Waals surface area (Å²) in [6, 6.07) is 5.60. The number of aldehydes is 1. The van der Waals surface area contributed by atoms with Crippen LogP contribution in [0.25, 0.3) is 0 Å². The molecule has 1 aromatic rings. The maximum absolute atomic E-state index is 10.8. The second kappa shape index (κ2) is 3.82. The Kier molecular flexibility index (Phi) is 2.94. The predicted molar refractivity (Wildman–Crippen MR) is 56.9 cm³/mol. The zero-order valence-corrected chi connectivity index (χ0v) is 9.13. The highest BCUT2D eigenvalue weighted by atomic mass is 16.5. The molecule has 0 radical (unpaired) electrons. The van der Waals surface area contributed by atoms with Gasteiger partial charge in [-0.05, 0) is 39.8 Å². The first-order valence-corrected chi connectivity index (χ1v) is 4.67. The number of carbonyl (C=O) groups is 1. The largest absolute Gasteiger partial charge is 0.487 e. The molecule has 1 rings (SSSR count). The molecule has 0 aliphatic rings. The molecule has 0 heterocycles. The van der Waals surface area contributed by atoms with Gasteiger partial charge in [0, 0.05) is 0 Å². The van der Waals surface area contributed by atoms with Crippen molar-refractivity contribution in [2.75, 3.05) is 0 Å². The number of rotatable bonds is 2. The number of hydrogen-bond donors (Lipinski definition) is 0. The fourth-order valence-electron chi connectivity index (χ4n) is 1.18. The Bertz CT molecular complexity index is 335. The van der Waals surface area contributed by atoms with E-state index in [1.165, 1.54) is 0 Å². The van der Waals surface area contributed by atoms with Crippen LogP contribution in [0.15, 0.2) is 18.2 Å². The van der Waals surface area contributed by atoms with Crippen molar-refractivity contribution in [2.45, 2.75) is 33.3 Å². The van der Waals surface area contributed by atoms with Gasteiger partial charge in [0.25, 0.3) is 0 Å². The summed E-state index contributed by atoms with van der Waals surface area (Å²) in [6.45, 7) is 7.83. The minimum absolute atomic E-state index is 0.271. The Labute approximate surface area is 84.9 Å². The van der Waals surface area contributed by atoms with Gasteiger partial charge in [0.15, 0.2) is 6.29 Å². The molecule has 2 nitrogen and oxygen atoms in total. The van der Waals surface area contributed by atoms with Crippen molar-refractivity contribution in [1.82, 2.24) is 0 Å². The topological polar surface area (TPSA) is 26.3 Å². The predicted octanol–water partition coefficient (Wildman–Crippen LogP) is 2.98. The number of ether oxygens (including phenoxy) is 1. The van der Waals surface area contributed by atoms with Gasteiger partial charge < -0.3 is 4.74 Å². The average molecular weight is 192 g/mol. The maximum atomic E-state index is 10.8. The van der Waals surface area contributed by atoms with E-state index in [-0.39, 0.29) is 5.60 Å². The number of benzene rings is 1. The molecule has 0 aromatic heterocycles. The molecule has 0 fully saturated rings. The molecule has 0 saturated heterocycles. The molecule has 0 bridgehead atoms. The third kappa shape index (κ3) is 2.87. The molecular formula is C12H16O2. The summed E-state index contributed by atoms with van der Waals surface area (Å²) in [5.74, 6) is 0.651. The van der Waals surface area contributed by atoms with Crippen LogP contribution >= 0.6 is 0 Å². The Balaban J connectivity index is 3.03. The van der Waals surface area contributed by atoms with Gasteiger partial charge >= 0.3 is 0 Å². The van der Waals surface area contributed by atoms with Crippen LogP contribution < -0.4 is 4.74 Å². The van der Waals surface area contributed by atoms with Crippen molar-refractivity contribution >= 4 is 6.29 Å². The van der Waals surface area contributed by atoms with Crippen molar-refractivity contribution in [3.8, 4) is 5.75 Å². The van der Waals surface area contributed by atoms with E-state index in [2.05, 4.69) is 0 Å². The normalized spacial score (nSPS) is 11.1. The van der Waals surface area contributed by atoms with Gasteiger partial charge in [0.2, 0.25) is 0 Å².